The molecule has 110 valence electrons. The molecule has 1 saturated carbocycles. The van der Waals surface area contributed by atoms with E-state index in [1.165, 1.54) is 31.2 Å². The maximum atomic E-state index is 6.06. The van der Waals surface area contributed by atoms with Crippen molar-refractivity contribution in [2.24, 2.45) is 5.92 Å². The fraction of sp³-hybridized carbons (Fsp3) is 0.647. The second kappa shape index (κ2) is 5.74. The van der Waals surface area contributed by atoms with Crippen molar-refractivity contribution in [3.63, 3.8) is 0 Å². The highest BCUT2D eigenvalue weighted by Gasteiger charge is 2.44. The lowest BCUT2D eigenvalue weighted by Gasteiger charge is -2.49. The number of nitrogens with one attached hydrogen (secondary N) is 1. The third-order valence-electron chi connectivity index (χ3n) is 5.05. The van der Waals surface area contributed by atoms with Crippen molar-refractivity contribution in [2.45, 2.75) is 43.7 Å². The predicted octanol–water partition coefficient (Wildman–Crippen LogP) is 3.31. The number of benzene rings is 1. The average Bonchev–Trinajstić information content (AvgIpc) is 2.47. The Bertz CT molecular complexity index is 456. The maximum Gasteiger partial charge on any atom is 0.123 e. The molecule has 3 heteroatoms. The van der Waals surface area contributed by atoms with E-state index in [-0.39, 0.29) is 5.60 Å². The summed E-state index contributed by atoms with van der Waals surface area (Å²) in [5, 5.41) is 3.51. The van der Waals surface area contributed by atoms with Crippen molar-refractivity contribution >= 4 is 0 Å². The smallest absolute Gasteiger partial charge is 0.123 e. The summed E-state index contributed by atoms with van der Waals surface area (Å²) >= 11 is 0. The predicted molar refractivity (Wildman–Crippen MR) is 80.1 cm³/mol. The fourth-order valence-electron chi connectivity index (χ4n) is 3.84. The molecule has 0 amide bonds. The van der Waals surface area contributed by atoms with Crippen LogP contribution in [-0.2, 0) is 4.74 Å². The first-order chi connectivity index (χ1) is 9.78. The van der Waals surface area contributed by atoms with Gasteiger partial charge in [-0.05, 0) is 51.1 Å². The fourth-order valence-corrected chi connectivity index (χ4v) is 3.84. The van der Waals surface area contributed by atoms with Crippen LogP contribution >= 0.6 is 0 Å². The molecule has 2 aliphatic rings. The second-order valence-electron chi connectivity index (χ2n) is 6.15. The Balaban J connectivity index is 1.82. The molecule has 2 unspecified atom stereocenters. The number of para-hydroxylation sites is 1. The van der Waals surface area contributed by atoms with Gasteiger partial charge in [0.1, 0.15) is 5.75 Å². The maximum absolute atomic E-state index is 6.06. The van der Waals surface area contributed by atoms with Crippen molar-refractivity contribution in [2.75, 3.05) is 20.8 Å². The molecule has 2 atom stereocenters. The minimum absolute atomic E-state index is 0.194. The first-order valence-electron chi connectivity index (χ1n) is 7.72. The number of hydrogen-bond donors (Lipinski definition) is 1. The highest BCUT2D eigenvalue weighted by molar-refractivity contribution is 5.36. The molecule has 1 aliphatic carbocycles. The minimum atomic E-state index is 0.194. The molecular weight excluding hydrogens is 250 g/mol. The molecular formula is C17H25NO2. The zero-order valence-electron chi connectivity index (χ0n) is 12.5. The molecule has 1 aromatic rings. The Labute approximate surface area is 121 Å². The van der Waals surface area contributed by atoms with Crippen molar-refractivity contribution in [1.82, 2.24) is 5.32 Å². The number of methoxy groups -OCH3 is 1. The van der Waals surface area contributed by atoms with Gasteiger partial charge in [-0.15, -0.1) is 0 Å². The minimum Gasteiger partial charge on any atom is -0.496 e. The first kappa shape index (κ1) is 13.9. The van der Waals surface area contributed by atoms with Gasteiger partial charge < -0.3 is 14.8 Å². The van der Waals surface area contributed by atoms with Crippen molar-refractivity contribution in [3.05, 3.63) is 29.8 Å². The normalized spacial score (nSPS) is 26.0. The van der Waals surface area contributed by atoms with Crippen LogP contribution in [0, 0.1) is 5.92 Å². The number of rotatable bonds is 4. The highest BCUT2D eigenvalue weighted by Crippen LogP contribution is 2.47. The van der Waals surface area contributed by atoms with E-state index < -0.39 is 0 Å². The van der Waals surface area contributed by atoms with E-state index in [9.17, 15) is 0 Å². The summed E-state index contributed by atoms with van der Waals surface area (Å²) in [6.45, 7) is 0.901. The molecule has 3 nitrogen and oxygen atoms in total. The van der Waals surface area contributed by atoms with Crippen LogP contribution in [-0.4, -0.2) is 26.4 Å². The van der Waals surface area contributed by atoms with Crippen LogP contribution in [0.4, 0.5) is 0 Å². The summed E-state index contributed by atoms with van der Waals surface area (Å²) in [7, 11) is 3.81. The number of ether oxygens (including phenoxy) is 2. The molecule has 0 bridgehead atoms. The molecule has 20 heavy (non-hydrogen) atoms. The van der Waals surface area contributed by atoms with Gasteiger partial charge in [0.05, 0.1) is 12.7 Å². The highest BCUT2D eigenvalue weighted by atomic mass is 16.5. The lowest BCUT2D eigenvalue weighted by atomic mass is 9.69. The number of hydrogen-bond acceptors (Lipinski definition) is 3. The summed E-state index contributed by atoms with van der Waals surface area (Å²) in [5.74, 6) is 1.62. The summed E-state index contributed by atoms with van der Waals surface area (Å²) < 4.78 is 11.6. The topological polar surface area (TPSA) is 30.5 Å². The van der Waals surface area contributed by atoms with Crippen LogP contribution < -0.4 is 10.1 Å². The molecule has 1 N–H and O–H groups in total. The van der Waals surface area contributed by atoms with Crippen LogP contribution in [0.1, 0.15) is 43.7 Å². The molecule has 1 spiro atoms. The van der Waals surface area contributed by atoms with Gasteiger partial charge in [0.2, 0.25) is 0 Å². The van der Waals surface area contributed by atoms with Gasteiger partial charge in [0.25, 0.3) is 0 Å². The average molecular weight is 275 g/mol. The van der Waals surface area contributed by atoms with Gasteiger partial charge in [0, 0.05) is 18.2 Å². The van der Waals surface area contributed by atoms with E-state index in [1.54, 1.807) is 7.11 Å². The Kier molecular flexibility index (Phi) is 3.99. The van der Waals surface area contributed by atoms with Gasteiger partial charge in [-0.2, -0.15) is 0 Å². The van der Waals surface area contributed by atoms with Crippen LogP contribution in [0.2, 0.25) is 0 Å². The zero-order valence-corrected chi connectivity index (χ0v) is 12.5. The quantitative estimate of drug-likeness (QED) is 0.914. The summed E-state index contributed by atoms with van der Waals surface area (Å²) in [5.41, 5.74) is 1.47. The molecule has 2 fully saturated rings. The van der Waals surface area contributed by atoms with Crippen molar-refractivity contribution < 1.29 is 9.47 Å². The van der Waals surface area contributed by atoms with Crippen molar-refractivity contribution in [3.8, 4) is 5.75 Å². The van der Waals surface area contributed by atoms with Gasteiger partial charge in [0.15, 0.2) is 0 Å². The van der Waals surface area contributed by atoms with E-state index in [2.05, 4.69) is 30.6 Å². The third kappa shape index (κ3) is 2.45. The molecule has 1 heterocycles. The Morgan fingerprint density at radius 1 is 1.35 bits per heavy atom. The van der Waals surface area contributed by atoms with Gasteiger partial charge in [-0.3, -0.25) is 0 Å². The van der Waals surface area contributed by atoms with Crippen molar-refractivity contribution in [1.29, 1.82) is 0 Å². The summed E-state index contributed by atoms with van der Waals surface area (Å²) in [6, 6.07) is 8.72. The Morgan fingerprint density at radius 3 is 2.80 bits per heavy atom. The third-order valence-corrected chi connectivity index (χ3v) is 5.05. The molecule has 3 rings (SSSR count). The van der Waals surface area contributed by atoms with Crippen LogP contribution in [0.25, 0.3) is 0 Å². The molecule has 1 saturated heterocycles. The van der Waals surface area contributed by atoms with Crippen LogP contribution in [0.5, 0.6) is 5.75 Å². The standard InChI is InChI=1S/C17H25NO2/c1-18-16(14-6-3-4-7-15(14)19-2)13-8-11-20-17(12-13)9-5-10-17/h3-4,6-7,13,16,18H,5,8-12H2,1-2H3. The van der Waals surface area contributed by atoms with E-state index in [0.717, 1.165) is 18.8 Å². The van der Waals surface area contributed by atoms with E-state index in [4.69, 9.17) is 9.47 Å². The van der Waals surface area contributed by atoms with Gasteiger partial charge >= 0.3 is 0 Å². The van der Waals surface area contributed by atoms with E-state index in [1.807, 2.05) is 6.07 Å². The molecule has 1 aliphatic heterocycles. The molecule has 0 aromatic heterocycles. The lowest BCUT2D eigenvalue weighted by molar-refractivity contribution is -0.147. The summed E-state index contributed by atoms with van der Waals surface area (Å²) in [6.07, 6.45) is 6.12. The largest absolute Gasteiger partial charge is 0.496 e. The monoisotopic (exact) mass is 275 g/mol. The lowest BCUT2D eigenvalue weighted by Crippen LogP contribution is -2.47. The van der Waals surface area contributed by atoms with Crippen LogP contribution in [0.3, 0.4) is 0 Å². The molecule has 1 aromatic carbocycles. The zero-order chi connectivity index (χ0) is 14.0. The first-order valence-corrected chi connectivity index (χ1v) is 7.72. The SMILES string of the molecule is CNC(c1ccccc1OC)C1CCOC2(CCC2)C1. The van der Waals surface area contributed by atoms with Gasteiger partial charge in [-0.1, -0.05) is 18.2 Å². The van der Waals surface area contributed by atoms with E-state index in [0.29, 0.717) is 12.0 Å². The van der Waals surface area contributed by atoms with Gasteiger partial charge in [-0.25, -0.2) is 0 Å². The Hall–Kier alpha value is -1.06. The Morgan fingerprint density at radius 2 is 2.15 bits per heavy atom. The van der Waals surface area contributed by atoms with E-state index >= 15 is 0 Å². The van der Waals surface area contributed by atoms with Crippen LogP contribution in [0.15, 0.2) is 24.3 Å². The second-order valence-corrected chi connectivity index (χ2v) is 6.15. The molecule has 0 radical (unpaired) electrons. The summed E-state index contributed by atoms with van der Waals surface area (Å²) in [4.78, 5) is 0.